The number of nitrogen functional groups attached to an aromatic ring is 1. The summed E-state index contributed by atoms with van der Waals surface area (Å²) in [5, 5.41) is 0. The van der Waals surface area contributed by atoms with Crippen LogP contribution in [0.2, 0.25) is 0 Å². The summed E-state index contributed by atoms with van der Waals surface area (Å²) in [7, 11) is 0. The number of hydrogen-bond acceptors (Lipinski definition) is 6. The third-order valence-electron chi connectivity index (χ3n) is 4.38. The van der Waals surface area contributed by atoms with Crippen molar-refractivity contribution in [3.8, 4) is 11.5 Å². The Hall–Kier alpha value is -2.47. The number of anilines is 2. The van der Waals surface area contributed by atoms with Crippen LogP contribution >= 0.6 is 0 Å². The molecule has 6 heteroatoms. The summed E-state index contributed by atoms with van der Waals surface area (Å²) in [5.74, 6) is 1.69. The first-order valence-electron chi connectivity index (χ1n) is 7.85. The lowest BCUT2D eigenvalue weighted by Crippen LogP contribution is -2.46. The van der Waals surface area contributed by atoms with Crippen LogP contribution in [0.4, 0.5) is 11.4 Å². The number of nitrogens with zero attached hydrogens (tertiary/aromatic N) is 3. The SMILES string of the molecule is Nc1cnccc1N1CCN(Cc2ccc3c(c2)OCO3)CC1. The molecule has 1 fully saturated rings. The number of benzene rings is 1. The van der Waals surface area contributed by atoms with Crippen LogP contribution in [0.3, 0.4) is 0 Å². The van der Waals surface area contributed by atoms with E-state index in [0.717, 1.165) is 55.6 Å². The molecule has 0 saturated carbocycles. The maximum Gasteiger partial charge on any atom is 0.231 e. The van der Waals surface area contributed by atoms with Crippen molar-refractivity contribution in [2.75, 3.05) is 43.6 Å². The van der Waals surface area contributed by atoms with Crippen LogP contribution in [-0.2, 0) is 6.54 Å². The molecule has 2 N–H and O–H groups in total. The molecule has 1 aromatic carbocycles. The van der Waals surface area contributed by atoms with Gasteiger partial charge in [0, 0.05) is 38.9 Å². The topological polar surface area (TPSA) is 63.9 Å². The molecule has 23 heavy (non-hydrogen) atoms. The van der Waals surface area contributed by atoms with Crippen LogP contribution in [0.5, 0.6) is 11.5 Å². The van der Waals surface area contributed by atoms with Crippen molar-refractivity contribution in [2.45, 2.75) is 6.54 Å². The molecule has 3 heterocycles. The number of fused-ring (bicyclic) bond motifs is 1. The molecule has 0 radical (unpaired) electrons. The zero-order valence-electron chi connectivity index (χ0n) is 12.9. The fraction of sp³-hybridized carbons (Fsp3) is 0.353. The van der Waals surface area contributed by atoms with Gasteiger partial charge < -0.3 is 20.1 Å². The van der Waals surface area contributed by atoms with E-state index in [2.05, 4.69) is 26.9 Å². The third kappa shape index (κ3) is 2.90. The predicted molar refractivity (Wildman–Crippen MR) is 88.7 cm³/mol. The molecule has 0 atom stereocenters. The molecule has 0 amide bonds. The van der Waals surface area contributed by atoms with Gasteiger partial charge in [0.05, 0.1) is 17.6 Å². The zero-order chi connectivity index (χ0) is 15.6. The second-order valence-electron chi connectivity index (χ2n) is 5.89. The summed E-state index contributed by atoms with van der Waals surface area (Å²) in [5.41, 5.74) is 9.11. The first-order chi connectivity index (χ1) is 11.3. The van der Waals surface area contributed by atoms with Crippen molar-refractivity contribution >= 4 is 11.4 Å². The van der Waals surface area contributed by atoms with E-state index in [1.54, 1.807) is 12.4 Å². The summed E-state index contributed by atoms with van der Waals surface area (Å²) in [4.78, 5) is 8.83. The second kappa shape index (κ2) is 5.96. The molecule has 0 aliphatic carbocycles. The molecule has 0 bridgehead atoms. The minimum Gasteiger partial charge on any atom is -0.454 e. The van der Waals surface area contributed by atoms with Crippen LogP contribution in [0.25, 0.3) is 0 Å². The Kier molecular flexibility index (Phi) is 3.67. The van der Waals surface area contributed by atoms with Gasteiger partial charge in [0.1, 0.15) is 0 Å². The largest absolute Gasteiger partial charge is 0.454 e. The molecule has 2 aliphatic rings. The fourth-order valence-electron chi connectivity index (χ4n) is 3.13. The lowest BCUT2D eigenvalue weighted by molar-refractivity contribution is 0.174. The van der Waals surface area contributed by atoms with Gasteiger partial charge in [0.25, 0.3) is 0 Å². The lowest BCUT2D eigenvalue weighted by atomic mass is 10.1. The third-order valence-corrected chi connectivity index (χ3v) is 4.38. The van der Waals surface area contributed by atoms with Crippen LogP contribution in [0.15, 0.2) is 36.7 Å². The number of pyridine rings is 1. The highest BCUT2D eigenvalue weighted by Gasteiger charge is 2.20. The number of piperazine rings is 1. The molecular formula is C17H20N4O2. The molecule has 0 spiro atoms. The Morgan fingerprint density at radius 2 is 1.87 bits per heavy atom. The maximum absolute atomic E-state index is 6.02. The molecule has 120 valence electrons. The van der Waals surface area contributed by atoms with Crippen LogP contribution in [0, 0.1) is 0 Å². The van der Waals surface area contributed by atoms with Gasteiger partial charge in [-0.3, -0.25) is 9.88 Å². The van der Waals surface area contributed by atoms with E-state index in [1.807, 2.05) is 12.1 Å². The molecule has 2 aliphatic heterocycles. The van der Waals surface area contributed by atoms with Gasteiger partial charge in [0.2, 0.25) is 6.79 Å². The molecule has 4 rings (SSSR count). The Morgan fingerprint density at radius 3 is 2.70 bits per heavy atom. The number of aromatic nitrogens is 1. The summed E-state index contributed by atoms with van der Waals surface area (Å²) in [6.07, 6.45) is 3.51. The standard InChI is InChI=1S/C17H20N4O2/c18-14-10-19-4-3-15(14)21-7-5-20(6-8-21)11-13-1-2-16-17(9-13)23-12-22-16/h1-4,9-10H,5-8,11-12,18H2. The van der Waals surface area contributed by atoms with Crippen molar-refractivity contribution in [3.63, 3.8) is 0 Å². The molecule has 1 aromatic heterocycles. The maximum atomic E-state index is 6.02. The van der Waals surface area contributed by atoms with Crippen LogP contribution in [-0.4, -0.2) is 42.9 Å². The van der Waals surface area contributed by atoms with E-state index in [0.29, 0.717) is 6.79 Å². The minimum absolute atomic E-state index is 0.324. The predicted octanol–water partition coefficient (Wildman–Crippen LogP) is 1.71. The highest BCUT2D eigenvalue weighted by atomic mass is 16.7. The highest BCUT2D eigenvalue weighted by Crippen LogP contribution is 2.33. The molecule has 2 aromatic rings. The normalized spacial score (nSPS) is 17.5. The average molecular weight is 312 g/mol. The van der Waals surface area contributed by atoms with Gasteiger partial charge >= 0.3 is 0 Å². The second-order valence-corrected chi connectivity index (χ2v) is 5.89. The number of rotatable bonds is 3. The van der Waals surface area contributed by atoms with Crippen molar-refractivity contribution in [2.24, 2.45) is 0 Å². The van der Waals surface area contributed by atoms with Gasteiger partial charge in [-0.15, -0.1) is 0 Å². The Balaban J connectivity index is 1.37. The van der Waals surface area contributed by atoms with E-state index in [1.165, 1.54) is 5.56 Å². The van der Waals surface area contributed by atoms with Gasteiger partial charge in [-0.05, 0) is 23.8 Å². The fourth-order valence-corrected chi connectivity index (χ4v) is 3.13. The molecular weight excluding hydrogens is 292 g/mol. The Labute approximate surface area is 135 Å². The van der Waals surface area contributed by atoms with Crippen LogP contribution < -0.4 is 20.1 Å². The van der Waals surface area contributed by atoms with E-state index in [9.17, 15) is 0 Å². The van der Waals surface area contributed by atoms with E-state index in [4.69, 9.17) is 15.2 Å². The molecule has 1 saturated heterocycles. The number of nitrogens with two attached hydrogens (primary N) is 1. The van der Waals surface area contributed by atoms with Crippen molar-refractivity contribution in [1.29, 1.82) is 0 Å². The summed E-state index contributed by atoms with van der Waals surface area (Å²) < 4.78 is 10.8. The highest BCUT2D eigenvalue weighted by molar-refractivity contribution is 5.66. The van der Waals surface area contributed by atoms with E-state index in [-0.39, 0.29) is 0 Å². The van der Waals surface area contributed by atoms with Crippen molar-refractivity contribution < 1.29 is 9.47 Å². The summed E-state index contributed by atoms with van der Waals surface area (Å²) in [6.45, 7) is 5.21. The Bertz CT molecular complexity index is 699. The van der Waals surface area contributed by atoms with Crippen LogP contribution in [0.1, 0.15) is 5.56 Å². The van der Waals surface area contributed by atoms with E-state index < -0.39 is 0 Å². The first kappa shape index (κ1) is 14.1. The van der Waals surface area contributed by atoms with E-state index >= 15 is 0 Å². The average Bonchev–Trinajstić information content (AvgIpc) is 3.04. The summed E-state index contributed by atoms with van der Waals surface area (Å²) in [6, 6.07) is 8.17. The Morgan fingerprint density at radius 1 is 1.04 bits per heavy atom. The minimum atomic E-state index is 0.324. The monoisotopic (exact) mass is 312 g/mol. The van der Waals surface area contributed by atoms with Gasteiger partial charge in [0.15, 0.2) is 11.5 Å². The molecule has 0 unspecified atom stereocenters. The smallest absolute Gasteiger partial charge is 0.231 e. The van der Waals surface area contributed by atoms with Gasteiger partial charge in [-0.25, -0.2) is 0 Å². The number of ether oxygens (including phenoxy) is 2. The van der Waals surface area contributed by atoms with Crippen molar-refractivity contribution in [1.82, 2.24) is 9.88 Å². The zero-order valence-corrected chi connectivity index (χ0v) is 12.9. The number of hydrogen-bond donors (Lipinski definition) is 1. The van der Waals surface area contributed by atoms with Crippen molar-refractivity contribution in [3.05, 3.63) is 42.2 Å². The van der Waals surface area contributed by atoms with Gasteiger partial charge in [-0.1, -0.05) is 6.07 Å². The summed E-state index contributed by atoms with van der Waals surface area (Å²) >= 11 is 0. The van der Waals surface area contributed by atoms with Gasteiger partial charge in [-0.2, -0.15) is 0 Å². The lowest BCUT2D eigenvalue weighted by Gasteiger charge is -2.36. The molecule has 6 nitrogen and oxygen atoms in total. The first-order valence-corrected chi connectivity index (χ1v) is 7.85. The quantitative estimate of drug-likeness (QED) is 0.931.